The van der Waals surface area contributed by atoms with Crippen LogP contribution >= 0.6 is 12.4 Å². The van der Waals surface area contributed by atoms with Gasteiger partial charge in [0, 0.05) is 30.6 Å². The van der Waals surface area contributed by atoms with Gasteiger partial charge in [-0.25, -0.2) is 4.79 Å². The zero-order valence-electron chi connectivity index (χ0n) is 16.2. The highest BCUT2D eigenvalue weighted by atomic mass is 35.5. The minimum absolute atomic E-state index is 0. The highest BCUT2D eigenvalue weighted by Crippen LogP contribution is 2.55. The lowest BCUT2D eigenvalue weighted by atomic mass is 9.53. The first kappa shape index (κ1) is 20.7. The lowest BCUT2D eigenvalue weighted by molar-refractivity contribution is -0.121. The van der Waals surface area contributed by atoms with Gasteiger partial charge in [-0.1, -0.05) is 0 Å². The molecule has 5 aliphatic carbocycles. The molecule has 0 aliphatic heterocycles. The molecule has 5 fully saturated rings. The van der Waals surface area contributed by atoms with Gasteiger partial charge in [0.05, 0.1) is 0 Å². The van der Waals surface area contributed by atoms with Crippen molar-refractivity contribution in [1.29, 1.82) is 0 Å². The first-order chi connectivity index (χ1) is 12.5. The van der Waals surface area contributed by atoms with Crippen LogP contribution in [0.2, 0.25) is 0 Å². The van der Waals surface area contributed by atoms with Crippen molar-refractivity contribution in [2.24, 2.45) is 23.5 Å². The lowest BCUT2D eigenvalue weighted by Crippen LogP contribution is -2.61. The molecule has 6 nitrogen and oxygen atoms in total. The van der Waals surface area contributed by atoms with Crippen molar-refractivity contribution < 1.29 is 9.59 Å². The summed E-state index contributed by atoms with van der Waals surface area (Å²) in [4.78, 5) is 24.4. The molecule has 0 spiro atoms. The standard InChI is InChI=1S/C20H34N4O2.ClH/c21-16-1-3-17(4-2-16)23-18(25)5-6-22-19(26)24-20-10-13-7-14(11-20)9-15(8-13)12-20;/h13-17H,1-12,21H2,(H,23,25)(H2,22,24,26);1H. The van der Waals surface area contributed by atoms with Crippen molar-refractivity contribution in [3.05, 3.63) is 0 Å². The second kappa shape index (κ2) is 8.56. The third-order valence-corrected chi connectivity index (χ3v) is 7.19. The van der Waals surface area contributed by atoms with Crippen molar-refractivity contribution in [2.75, 3.05) is 6.54 Å². The van der Waals surface area contributed by atoms with E-state index in [2.05, 4.69) is 16.0 Å². The molecule has 0 heterocycles. The average Bonchev–Trinajstić information content (AvgIpc) is 2.55. The molecule has 7 heteroatoms. The highest BCUT2D eigenvalue weighted by Gasteiger charge is 2.51. The van der Waals surface area contributed by atoms with Gasteiger partial charge in [-0.2, -0.15) is 0 Å². The number of nitrogens with two attached hydrogens (primary N) is 1. The number of rotatable bonds is 5. The van der Waals surface area contributed by atoms with Crippen molar-refractivity contribution in [3.8, 4) is 0 Å². The van der Waals surface area contributed by atoms with Gasteiger partial charge in [0.1, 0.15) is 0 Å². The number of amides is 3. The molecule has 154 valence electrons. The SMILES string of the molecule is Cl.NC1CCC(NC(=O)CCNC(=O)NC23CC4CC(CC(C4)C2)C3)CC1. The summed E-state index contributed by atoms with van der Waals surface area (Å²) >= 11 is 0. The van der Waals surface area contributed by atoms with Gasteiger partial charge >= 0.3 is 6.03 Å². The maximum atomic E-state index is 12.4. The Hall–Kier alpha value is -1.01. The molecule has 5 N–H and O–H groups in total. The molecule has 3 amide bonds. The average molecular weight is 399 g/mol. The van der Waals surface area contributed by atoms with E-state index in [9.17, 15) is 9.59 Å². The molecule has 0 saturated heterocycles. The minimum atomic E-state index is -0.0941. The Labute approximate surface area is 168 Å². The normalized spacial score (nSPS) is 39.4. The summed E-state index contributed by atoms with van der Waals surface area (Å²) < 4.78 is 0. The van der Waals surface area contributed by atoms with Gasteiger partial charge in [-0.15, -0.1) is 12.4 Å². The van der Waals surface area contributed by atoms with Crippen LogP contribution in [-0.4, -0.2) is 36.1 Å². The summed E-state index contributed by atoms with van der Waals surface area (Å²) in [5, 5.41) is 9.26. The van der Waals surface area contributed by atoms with Gasteiger partial charge in [0.25, 0.3) is 0 Å². The number of carbonyl (C=O) groups is 2. The lowest BCUT2D eigenvalue weighted by Gasteiger charge is -2.56. The molecular weight excluding hydrogens is 364 g/mol. The summed E-state index contributed by atoms with van der Waals surface area (Å²) in [5.74, 6) is 2.48. The molecule has 0 aromatic rings. The van der Waals surface area contributed by atoms with Gasteiger partial charge in [0.2, 0.25) is 5.91 Å². The molecule has 0 unspecified atom stereocenters. The Bertz CT molecular complexity index is 513. The molecule has 0 atom stereocenters. The fraction of sp³-hybridized carbons (Fsp3) is 0.900. The van der Waals surface area contributed by atoms with Crippen LogP contribution in [-0.2, 0) is 4.79 Å². The Morgan fingerprint density at radius 3 is 2.04 bits per heavy atom. The first-order valence-electron chi connectivity index (χ1n) is 10.6. The molecule has 5 saturated carbocycles. The molecule has 0 radical (unpaired) electrons. The highest BCUT2D eigenvalue weighted by molar-refractivity contribution is 5.85. The van der Waals surface area contributed by atoms with Crippen molar-refractivity contribution in [1.82, 2.24) is 16.0 Å². The second-order valence-electron chi connectivity index (χ2n) is 9.51. The maximum Gasteiger partial charge on any atom is 0.315 e. The van der Waals surface area contributed by atoms with E-state index in [1.54, 1.807) is 0 Å². The number of carbonyl (C=O) groups excluding carboxylic acids is 2. The van der Waals surface area contributed by atoms with Crippen LogP contribution in [0.15, 0.2) is 0 Å². The van der Waals surface area contributed by atoms with Crippen LogP contribution in [0, 0.1) is 17.8 Å². The number of hydrogen-bond acceptors (Lipinski definition) is 3. The molecule has 5 aliphatic rings. The third-order valence-electron chi connectivity index (χ3n) is 7.19. The van der Waals surface area contributed by atoms with Gasteiger partial charge in [-0.3, -0.25) is 4.79 Å². The quantitative estimate of drug-likeness (QED) is 0.572. The van der Waals surface area contributed by atoms with E-state index >= 15 is 0 Å². The zero-order valence-corrected chi connectivity index (χ0v) is 17.0. The fourth-order valence-electron chi connectivity index (χ4n) is 6.40. The van der Waals surface area contributed by atoms with Crippen LogP contribution in [0.25, 0.3) is 0 Å². The van der Waals surface area contributed by atoms with E-state index < -0.39 is 0 Å². The Morgan fingerprint density at radius 2 is 1.48 bits per heavy atom. The fourth-order valence-corrected chi connectivity index (χ4v) is 6.40. The molecular formula is C20H35ClN4O2. The Morgan fingerprint density at radius 1 is 0.926 bits per heavy atom. The first-order valence-corrected chi connectivity index (χ1v) is 10.6. The number of urea groups is 1. The summed E-state index contributed by atoms with van der Waals surface area (Å²) in [6.07, 6.45) is 11.8. The van der Waals surface area contributed by atoms with E-state index in [4.69, 9.17) is 5.73 Å². The Kier molecular flexibility index (Phi) is 6.57. The van der Waals surface area contributed by atoms with Crippen molar-refractivity contribution >= 4 is 24.3 Å². The summed E-state index contributed by atoms with van der Waals surface area (Å²) in [6, 6.07) is 0.449. The second-order valence-corrected chi connectivity index (χ2v) is 9.51. The third kappa shape index (κ3) is 5.08. The van der Waals surface area contributed by atoms with Crippen molar-refractivity contribution in [2.45, 2.75) is 88.3 Å². The van der Waals surface area contributed by atoms with E-state index in [0.717, 1.165) is 62.7 Å². The van der Waals surface area contributed by atoms with Crippen LogP contribution in [0.4, 0.5) is 4.79 Å². The predicted octanol–water partition coefficient (Wildman–Crippen LogP) is 2.45. The van der Waals surface area contributed by atoms with E-state index in [-0.39, 0.29) is 42.0 Å². The topological polar surface area (TPSA) is 96.2 Å². The van der Waals surface area contributed by atoms with Crippen LogP contribution in [0.5, 0.6) is 0 Å². The van der Waals surface area contributed by atoms with E-state index in [1.807, 2.05) is 0 Å². The van der Waals surface area contributed by atoms with E-state index in [0.29, 0.717) is 13.0 Å². The number of hydrogen-bond donors (Lipinski definition) is 4. The Balaban J connectivity index is 0.00000210. The maximum absolute atomic E-state index is 12.4. The summed E-state index contributed by atoms with van der Waals surface area (Å²) in [5.41, 5.74) is 5.93. The summed E-state index contributed by atoms with van der Waals surface area (Å²) in [6.45, 7) is 0.399. The number of nitrogens with one attached hydrogen (secondary N) is 3. The van der Waals surface area contributed by atoms with Crippen LogP contribution in [0.3, 0.4) is 0 Å². The monoisotopic (exact) mass is 398 g/mol. The number of halogens is 1. The molecule has 0 aromatic heterocycles. The van der Waals surface area contributed by atoms with Gasteiger partial charge in [-0.05, 0) is 82.0 Å². The molecule has 4 bridgehead atoms. The van der Waals surface area contributed by atoms with Gasteiger partial charge in [0.15, 0.2) is 0 Å². The van der Waals surface area contributed by atoms with Crippen LogP contribution < -0.4 is 21.7 Å². The smallest absolute Gasteiger partial charge is 0.315 e. The minimum Gasteiger partial charge on any atom is -0.353 e. The summed E-state index contributed by atoms with van der Waals surface area (Å²) in [7, 11) is 0. The molecule has 0 aromatic carbocycles. The molecule has 27 heavy (non-hydrogen) atoms. The largest absolute Gasteiger partial charge is 0.353 e. The van der Waals surface area contributed by atoms with Crippen molar-refractivity contribution in [3.63, 3.8) is 0 Å². The van der Waals surface area contributed by atoms with E-state index in [1.165, 1.54) is 19.3 Å². The predicted molar refractivity (Wildman–Crippen MR) is 108 cm³/mol. The zero-order chi connectivity index (χ0) is 18.1. The van der Waals surface area contributed by atoms with Gasteiger partial charge < -0.3 is 21.7 Å². The van der Waals surface area contributed by atoms with Crippen LogP contribution in [0.1, 0.15) is 70.6 Å². The molecule has 5 rings (SSSR count).